The van der Waals surface area contributed by atoms with Gasteiger partial charge in [-0.3, -0.25) is 0 Å². The van der Waals surface area contributed by atoms with Gasteiger partial charge in [0.25, 0.3) is 0 Å². The van der Waals surface area contributed by atoms with E-state index in [1.807, 2.05) is 6.07 Å². The number of anilines is 1. The maximum atomic E-state index is 12.2. The monoisotopic (exact) mass is 401 g/mol. The van der Waals surface area contributed by atoms with E-state index in [1.165, 1.54) is 30.5 Å². The predicted octanol–water partition coefficient (Wildman–Crippen LogP) is 3.71. The highest BCUT2D eigenvalue weighted by atomic mass is 19.4. The van der Waals surface area contributed by atoms with Crippen molar-refractivity contribution in [2.75, 3.05) is 5.73 Å². The topological polar surface area (TPSA) is 119 Å². The molecule has 0 amide bonds. The van der Waals surface area contributed by atoms with Gasteiger partial charge < -0.3 is 14.9 Å². The van der Waals surface area contributed by atoms with E-state index >= 15 is 0 Å². The Morgan fingerprint density at radius 1 is 1.17 bits per heavy atom. The number of pyridine rings is 1. The molecule has 0 atom stereocenters. The van der Waals surface area contributed by atoms with Crippen molar-refractivity contribution in [3.8, 4) is 28.7 Å². The van der Waals surface area contributed by atoms with Crippen LogP contribution in [0, 0.1) is 11.3 Å². The van der Waals surface area contributed by atoms with Crippen LogP contribution in [0.3, 0.4) is 0 Å². The van der Waals surface area contributed by atoms with Gasteiger partial charge in [0.1, 0.15) is 23.2 Å². The summed E-state index contributed by atoms with van der Waals surface area (Å²) in [5, 5.41) is 9.32. The number of hydrogen-bond donors (Lipinski definition) is 1. The van der Waals surface area contributed by atoms with Gasteiger partial charge in [-0.25, -0.2) is 14.6 Å². The van der Waals surface area contributed by atoms with Gasteiger partial charge in [0.15, 0.2) is 0 Å². The van der Waals surface area contributed by atoms with Gasteiger partial charge in [-0.05, 0) is 30.3 Å². The van der Waals surface area contributed by atoms with Crippen LogP contribution in [-0.4, -0.2) is 23.1 Å². The van der Waals surface area contributed by atoms with Gasteiger partial charge in [-0.1, -0.05) is 12.1 Å². The zero-order valence-electron chi connectivity index (χ0n) is 14.4. The van der Waals surface area contributed by atoms with E-state index < -0.39 is 18.1 Å². The number of carbonyl (C=O) groups is 2. The summed E-state index contributed by atoms with van der Waals surface area (Å²) in [6.45, 7) is 0. The van der Waals surface area contributed by atoms with Crippen LogP contribution < -0.4 is 5.73 Å². The fraction of sp³-hybridized carbons (Fsp3) is 0.0526. The van der Waals surface area contributed by atoms with Crippen molar-refractivity contribution in [1.29, 1.82) is 5.26 Å². The molecule has 0 unspecified atom stereocenters. The Bertz CT molecular complexity index is 1120. The third-order valence-electron chi connectivity index (χ3n) is 3.78. The third kappa shape index (κ3) is 4.08. The molecular formula is C19H10F3N3O4. The molecule has 0 saturated carbocycles. The third-order valence-corrected chi connectivity index (χ3v) is 3.78. The lowest BCUT2D eigenvalue weighted by atomic mass is 10.0. The molecule has 0 spiro atoms. The van der Waals surface area contributed by atoms with Crippen LogP contribution in [0.25, 0.3) is 22.6 Å². The first kappa shape index (κ1) is 19.6. The first-order valence-corrected chi connectivity index (χ1v) is 7.89. The van der Waals surface area contributed by atoms with Crippen LogP contribution in [0.1, 0.15) is 15.9 Å². The van der Waals surface area contributed by atoms with Crippen LogP contribution in [-0.2, 0) is 9.53 Å². The molecule has 0 bridgehead atoms. The largest absolute Gasteiger partial charge is 0.491 e. The number of hydrogen-bond acceptors (Lipinski definition) is 7. The zero-order chi connectivity index (χ0) is 21.2. The molecule has 146 valence electrons. The molecule has 3 rings (SSSR count). The minimum absolute atomic E-state index is 0.0457. The van der Waals surface area contributed by atoms with E-state index in [9.17, 15) is 28.0 Å². The van der Waals surface area contributed by atoms with Crippen molar-refractivity contribution in [2.24, 2.45) is 0 Å². The summed E-state index contributed by atoms with van der Waals surface area (Å²) in [6.07, 6.45) is -3.85. The number of benzene rings is 1. The summed E-state index contributed by atoms with van der Waals surface area (Å²) < 4.78 is 45.6. The lowest BCUT2D eigenvalue weighted by molar-refractivity contribution is -0.193. The number of aromatic nitrogens is 1. The molecule has 0 radical (unpaired) electrons. The smallest absolute Gasteiger partial charge is 0.464 e. The standard InChI is InChI=1S/C19H10F3N3O4/c20-19(21,22)18(27)29-17(26)11-5-3-10(4-6-11)14-8-12(15-2-1-7-28-15)13(9-23)16(24)25-14/h1-8H,(H2,24,25). The first-order valence-electron chi connectivity index (χ1n) is 7.89. The van der Waals surface area contributed by atoms with Crippen molar-refractivity contribution < 1.29 is 31.9 Å². The predicted molar refractivity (Wildman–Crippen MR) is 93.0 cm³/mol. The second kappa shape index (κ2) is 7.47. The first-order chi connectivity index (χ1) is 13.7. The molecular weight excluding hydrogens is 391 g/mol. The number of halogens is 3. The Balaban J connectivity index is 1.92. The Labute approximate surface area is 161 Å². The van der Waals surface area contributed by atoms with Gasteiger partial charge in [0, 0.05) is 11.1 Å². The van der Waals surface area contributed by atoms with E-state index in [0.29, 0.717) is 22.6 Å². The van der Waals surface area contributed by atoms with Crippen molar-refractivity contribution in [3.63, 3.8) is 0 Å². The number of nitrogens with two attached hydrogens (primary N) is 1. The summed E-state index contributed by atoms with van der Waals surface area (Å²) in [7, 11) is 0. The summed E-state index contributed by atoms with van der Waals surface area (Å²) in [5.41, 5.74) is 6.90. The normalized spacial score (nSPS) is 11.0. The van der Waals surface area contributed by atoms with E-state index in [2.05, 4.69) is 9.72 Å². The van der Waals surface area contributed by atoms with E-state index in [0.717, 1.165) is 0 Å². The average Bonchev–Trinajstić information content (AvgIpc) is 3.21. The number of furan rings is 1. The molecule has 7 nitrogen and oxygen atoms in total. The number of esters is 2. The minimum Gasteiger partial charge on any atom is -0.464 e. The molecule has 0 aliphatic rings. The Morgan fingerprint density at radius 3 is 2.41 bits per heavy atom. The quantitative estimate of drug-likeness (QED) is 0.525. The van der Waals surface area contributed by atoms with Crippen LogP contribution in [0.4, 0.5) is 19.0 Å². The fourth-order valence-electron chi connectivity index (χ4n) is 2.43. The molecule has 0 aliphatic heterocycles. The van der Waals surface area contributed by atoms with Gasteiger partial charge in [0.2, 0.25) is 0 Å². The molecule has 2 N–H and O–H groups in total. The molecule has 29 heavy (non-hydrogen) atoms. The van der Waals surface area contributed by atoms with Gasteiger partial charge in [-0.2, -0.15) is 18.4 Å². The molecule has 0 fully saturated rings. The second-order valence-corrected chi connectivity index (χ2v) is 5.66. The van der Waals surface area contributed by atoms with Crippen molar-refractivity contribution in [1.82, 2.24) is 4.98 Å². The minimum atomic E-state index is -5.28. The average molecular weight is 401 g/mol. The molecule has 0 aliphatic carbocycles. The van der Waals surface area contributed by atoms with Crippen molar-refractivity contribution in [3.05, 3.63) is 59.9 Å². The number of nitriles is 1. The van der Waals surface area contributed by atoms with Gasteiger partial charge >= 0.3 is 18.1 Å². The summed E-state index contributed by atoms with van der Waals surface area (Å²) >= 11 is 0. The molecule has 10 heteroatoms. The van der Waals surface area contributed by atoms with Crippen LogP contribution >= 0.6 is 0 Å². The maximum Gasteiger partial charge on any atom is 0.491 e. The van der Waals surface area contributed by atoms with Crippen LogP contribution in [0.5, 0.6) is 0 Å². The number of rotatable bonds is 3. The molecule has 2 heterocycles. The summed E-state index contributed by atoms with van der Waals surface area (Å²) in [5.74, 6) is -3.70. The fourth-order valence-corrected chi connectivity index (χ4v) is 2.43. The summed E-state index contributed by atoms with van der Waals surface area (Å²) in [6, 6.07) is 11.9. The Hall–Kier alpha value is -4.13. The second-order valence-electron chi connectivity index (χ2n) is 5.66. The molecule has 2 aromatic heterocycles. The van der Waals surface area contributed by atoms with Gasteiger partial charge in [-0.15, -0.1) is 0 Å². The lowest BCUT2D eigenvalue weighted by Gasteiger charge is -2.09. The van der Waals surface area contributed by atoms with Crippen molar-refractivity contribution >= 4 is 17.8 Å². The van der Waals surface area contributed by atoms with E-state index in [4.69, 9.17) is 10.2 Å². The molecule has 1 aromatic carbocycles. The highest BCUT2D eigenvalue weighted by molar-refractivity contribution is 5.98. The van der Waals surface area contributed by atoms with Gasteiger partial charge in [0.05, 0.1) is 17.5 Å². The van der Waals surface area contributed by atoms with Crippen LogP contribution in [0.15, 0.2) is 53.1 Å². The highest BCUT2D eigenvalue weighted by Crippen LogP contribution is 2.31. The maximum absolute atomic E-state index is 12.2. The number of nitrogens with zero attached hydrogens (tertiary/aromatic N) is 2. The van der Waals surface area contributed by atoms with E-state index in [-0.39, 0.29) is 16.9 Å². The Kier molecular flexibility index (Phi) is 5.06. The number of carbonyl (C=O) groups excluding carboxylic acids is 2. The molecule has 3 aromatic rings. The summed E-state index contributed by atoms with van der Waals surface area (Å²) in [4.78, 5) is 26.6. The lowest BCUT2D eigenvalue weighted by Crippen LogP contribution is -2.28. The SMILES string of the molecule is N#Cc1c(-c2ccco2)cc(-c2ccc(C(=O)OC(=O)C(F)(F)F)cc2)nc1N. The van der Waals surface area contributed by atoms with E-state index in [1.54, 1.807) is 18.2 Å². The number of alkyl halides is 3. The molecule has 0 saturated heterocycles. The van der Waals surface area contributed by atoms with Crippen molar-refractivity contribution in [2.45, 2.75) is 6.18 Å². The number of nitrogen functional groups attached to an aromatic ring is 1. The number of ether oxygens (including phenoxy) is 1. The Morgan fingerprint density at radius 2 is 1.86 bits per heavy atom. The van der Waals surface area contributed by atoms with Crippen LogP contribution in [0.2, 0.25) is 0 Å². The highest BCUT2D eigenvalue weighted by Gasteiger charge is 2.42. The zero-order valence-corrected chi connectivity index (χ0v) is 14.4.